The minimum absolute atomic E-state index is 0.419. The van der Waals surface area contributed by atoms with Gasteiger partial charge in [0.15, 0.2) is 0 Å². The Kier molecular flexibility index (Phi) is 5.87. The van der Waals surface area contributed by atoms with Crippen LogP contribution in [0.15, 0.2) is 0 Å². The van der Waals surface area contributed by atoms with Gasteiger partial charge in [-0.05, 0) is 49.5 Å². The number of carbonyl (C=O) groups excluding carboxylic acids is 1. The number of rotatable bonds is 4. The summed E-state index contributed by atoms with van der Waals surface area (Å²) in [6.07, 6.45) is 6.77. The lowest BCUT2D eigenvalue weighted by Crippen LogP contribution is -2.37. The highest BCUT2D eigenvalue weighted by molar-refractivity contribution is 9.09. The summed E-state index contributed by atoms with van der Waals surface area (Å²) in [4.78, 5) is 15.1. The van der Waals surface area contributed by atoms with Gasteiger partial charge in [0.1, 0.15) is 0 Å². The average Bonchev–Trinajstić information content (AvgIpc) is 2.77. The Morgan fingerprint density at radius 2 is 2.11 bits per heavy atom. The Balaban J connectivity index is 1.83. The first-order valence-corrected chi connectivity index (χ1v) is 9.25. The Bertz CT molecular complexity index is 279. The molecule has 0 aliphatic carbocycles. The van der Waals surface area contributed by atoms with Gasteiger partial charge in [-0.2, -0.15) is 11.8 Å². The van der Waals surface area contributed by atoms with Gasteiger partial charge in [-0.15, -0.1) is 0 Å². The standard InChI is InChI=1S/C14H24BrNOS/c1-11(15)9-13-3-2-6-16(13)14(17)10-12-4-7-18-8-5-12/h11-13H,2-10H2,1H3. The van der Waals surface area contributed by atoms with Crippen LogP contribution in [-0.4, -0.2) is 39.7 Å². The number of alkyl halides is 1. The number of thioether (sulfide) groups is 1. The monoisotopic (exact) mass is 333 g/mol. The van der Waals surface area contributed by atoms with Crippen molar-refractivity contribution in [3.8, 4) is 0 Å². The van der Waals surface area contributed by atoms with Crippen LogP contribution in [0.4, 0.5) is 0 Å². The average molecular weight is 334 g/mol. The first kappa shape index (κ1) is 14.7. The smallest absolute Gasteiger partial charge is 0.223 e. The molecule has 2 nitrogen and oxygen atoms in total. The maximum atomic E-state index is 12.4. The highest BCUT2D eigenvalue weighted by Crippen LogP contribution is 2.29. The molecule has 0 aromatic carbocycles. The zero-order chi connectivity index (χ0) is 13.0. The predicted octanol–water partition coefficient (Wildman–Crippen LogP) is 3.68. The van der Waals surface area contributed by atoms with Crippen molar-refractivity contribution in [2.75, 3.05) is 18.1 Å². The number of likely N-dealkylation sites (tertiary alicyclic amines) is 1. The minimum Gasteiger partial charge on any atom is -0.340 e. The Hall–Kier alpha value is 0.300. The van der Waals surface area contributed by atoms with Crippen LogP contribution in [0.3, 0.4) is 0 Å². The lowest BCUT2D eigenvalue weighted by atomic mass is 9.97. The molecule has 0 bridgehead atoms. The second-order valence-electron chi connectivity index (χ2n) is 5.66. The summed E-state index contributed by atoms with van der Waals surface area (Å²) in [5.41, 5.74) is 0. The number of amides is 1. The maximum Gasteiger partial charge on any atom is 0.223 e. The summed E-state index contributed by atoms with van der Waals surface area (Å²) in [5, 5.41) is 0. The molecule has 2 unspecified atom stereocenters. The van der Waals surface area contributed by atoms with Crippen molar-refractivity contribution in [2.45, 2.75) is 56.3 Å². The van der Waals surface area contributed by atoms with Crippen molar-refractivity contribution in [2.24, 2.45) is 5.92 Å². The molecule has 1 amide bonds. The van der Waals surface area contributed by atoms with Crippen LogP contribution in [0.2, 0.25) is 0 Å². The molecule has 2 aliphatic heterocycles. The van der Waals surface area contributed by atoms with Crippen LogP contribution in [0.1, 0.15) is 45.4 Å². The topological polar surface area (TPSA) is 20.3 Å². The molecular weight excluding hydrogens is 310 g/mol. The molecule has 0 spiro atoms. The molecule has 18 heavy (non-hydrogen) atoms. The molecular formula is C14H24BrNOS. The van der Waals surface area contributed by atoms with E-state index in [0.29, 0.717) is 22.7 Å². The fraction of sp³-hybridized carbons (Fsp3) is 0.929. The van der Waals surface area contributed by atoms with Crippen molar-refractivity contribution < 1.29 is 4.79 Å². The Morgan fingerprint density at radius 3 is 2.78 bits per heavy atom. The van der Waals surface area contributed by atoms with Crippen LogP contribution in [0, 0.1) is 5.92 Å². The predicted molar refractivity (Wildman–Crippen MR) is 82.4 cm³/mol. The van der Waals surface area contributed by atoms with Gasteiger partial charge in [0, 0.05) is 23.8 Å². The van der Waals surface area contributed by atoms with E-state index in [2.05, 4.69) is 27.8 Å². The first-order chi connectivity index (χ1) is 8.66. The van der Waals surface area contributed by atoms with Crippen LogP contribution in [-0.2, 0) is 4.79 Å². The van der Waals surface area contributed by atoms with Gasteiger partial charge in [0.05, 0.1) is 0 Å². The van der Waals surface area contributed by atoms with Gasteiger partial charge in [0.25, 0.3) is 0 Å². The molecule has 2 fully saturated rings. The molecule has 2 saturated heterocycles. The molecule has 4 heteroatoms. The zero-order valence-corrected chi connectivity index (χ0v) is 13.6. The molecule has 0 N–H and O–H groups in total. The SMILES string of the molecule is CC(Br)CC1CCCN1C(=O)CC1CCSCC1. The van der Waals surface area contributed by atoms with Gasteiger partial charge in [-0.3, -0.25) is 4.79 Å². The van der Waals surface area contributed by atoms with E-state index in [0.717, 1.165) is 19.4 Å². The van der Waals surface area contributed by atoms with Crippen LogP contribution in [0.25, 0.3) is 0 Å². The molecule has 104 valence electrons. The molecule has 0 aromatic rings. The van der Waals surface area contributed by atoms with Gasteiger partial charge < -0.3 is 4.90 Å². The number of nitrogens with zero attached hydrogens (tertiary/aromatic N) is 1. The molecule has 0 radical (unpaired) electrons. The summed E-state index contributed by atoms with van der Waals surface area (Å²) in [6, 6.07) is 0.491. The Labute approximate surface area is 123 Å². The number of carbonyl (C=O) groups is 1. The lowest BCUT2D eigenvalue weighted by molar-refractivity contribution is -0.133. The third kappa shape index (κ3) is 4.16. The van der Waals surface area contributed by atoms with E-state index < -0.39 is 0 Å². The van der Waals surface area contributed by atoms with Crippen molar-refractivity contribution in [1.29, 1.82) is 0 Å². The first-order valence-electron chi connectivity index (χ1n) is 7.18. The van der Waals surface area contributed by atoms with Crippen molar-refractivity contribution in [3.63, 3.8) is 0 Å². The van der Waals surface area contributed by atoms with Crippen molar-refractivity contribution in [3.05, 3.63) is 0 Å². The van der Waals surface area contributed by atoms with E-state index in [4.69, 9.17) is 0 Å². The molecule has 2 atom stereocenters. The Morgan fingerprint density at radius 1 is 1.39 bits per heavy atom. The van der Waals surface area contributed by atoms with E-state index in [-0.39, 0.29) is 0 Å². The highest BCUT2D eigenvalue weighted by Gasteiger charge is 2.30. The molecule has 0 aromatic heterocycles. The third-order valence-electron chi connectivity index (χ3n) is 4.10. The molecule has 2 heterocycles. The maximum absolute atomic E-state index is 12.4. The van der Waals surface area contributed by atoms with Gasteiger partial charge in [0.2, 0.25) is 5.91 Å². The number of halogens is 1. The summed E-state index contributed by atoms with van der Waals surface area (Å²) in [6.45, 7) is 3.17. The molecule has 0 saturated carbocycles. The zero-order valence-electron chi connectivity index (χ0n) is 11.2. The summed E-state index contributed by atoms with van der Waals surface area (Å²) < 4.78 is 0. The minimum atomic E-state index is 0.419. The quantitative estimate of drug-likeness (QED) is 0.731. The number of hydrogen-bond acceptors (Lipinski definition) is 2. The lowest BCUT2D eigenvalue weighted by Gasteiger charge is -2.28. The fourth-order valence-corrected chi connectivity index (χ4v) is 4.73. The normalized spacial score (nSPS) is 27.4. The van der Waals surface area contributed by atoms with Crippen molar-refractivity contribution in [1.82, 2.24) is 4.90 Å². The van der Waals surface area contributed by atoms with Crippen LogP contribution >= 0.6 is 27.7 Å². The van der Waals surface area contributed by atoms with E-state index >= 15 is 0 Å². The summed E-state index contributed by atoms with van der Waals surface area (Å²) in [7, 11) is 0. The van der Waals surface area contributed by atoms with E-state index in [1.165, 1.54) is 37.2 Å². The van der Waals surface area contributed by atoms with E-state index in [9.17, 15) is 4.79 Å². The third-order valence-corrected chi connectivity index (χ3v) is 5.52. The fourth-order valence-electron chi connectivity index (χ4n) is 3.10. The molecule has 2 rings (SSSR count). The number of hydrogen-bond donors (Lipinski definition) is 0. The van der Waals surface area contributed by atoms with Crippen LogP contribution < -0.4 is 0 Å². The second kappa shape index (κ2) is 7.18. The largest absolute Gasteiger partial charge is 0.340 e. The van der Waals surface area contributed by atoms with E-state index in [1.54, 1.807) is 0 Å². The van der Waals surface area contributed by atoms with E-state index in [1.807, 2.05) is 11.8 Å². The highest BCUT2D eigenvalue weighted by atomic mass is 79.9. The second-order valence-corrected chi connectivity index (χ2v) is 8.45. The van der Waals surface area contributed by atoms with Gasteiger partial charge in [-0.1, -0.05) is 22.9 Å². The summed E-state index contributed by atoms with van der Waals surface area (Å²) in [5.74, 6) is 3.57. The van der Waals surface area contributed by atoms with Gasteiger partial charge in [-0.25, -0.2) is 0 Å². The van der Waals surface area contributed by atoms with Crippen molar-refractivity contribution >= 4 is 33.6 Å². The van der Waals surface area contributed by atoms with Gasteiger partial charge >= 0.3 is 0 Å². The summed E-state index contributed by atoms with van der Waals surface area (Å²) >= 11 is 5.65. The molecule has 2 aliphatic rings. The van der Waals surface area contributed by atoms with Crippen LogP contribution in [0.5, 0.6) is 0 Å².